The fourth-order valence-corrected chi connectivity index (χ4v) is 2.19. The predicted molar refractivity (Wildman–Crippen MR) is 78.2 cm³/mol. The highest BCUT2D eigenvalue weighted by Gasteiger charge is 2.06. The van der Waals surface area contributed by atoms with Gasteiger partial charge in [0.1, 0.15) is 5.82 Å². The van der Waals surface area contributed by atoms with Crippen molar-refractivity contribution in [2.24, 2.45) is 0 Å². The van der Waals surface area contributed by atoms with Crippen molar-refractivity contribution < 1.29 is 9.18 Å². The second-order valence-corrected chi connectivity index (χ2v) is 5.00. The molecule has 0 aliphatic rings. The van der Waals surface area contributed by atoms with E-state index in [9.17, 15) is 9.18 Å². The summed E-state index contributed by atoms with van der Waals surface area (Å²) in [5.74, 6) is -0.355. The van der Waals surface area contributed by atoms with Gasteiger partial charge in [0.2, 0.25) is 0 Å². The third-order valence-corrected chi connectivity index (χ3v) is 3.17. The van der Waals surface area contributed by atoms with Crippen LogP contribution in [0.25, 0.3) is 0 Å². The smallest absolute Gasteiger partial charge is 0.308 e. The van der Waals surface area contributed by atoms with Gasteiger partial charge in [0.05, 0.1) is 5.69 Å². The minimum Gasteiger partial charge on any atom is -0.308 e. The van der Waals surface area contributed by atoms with Gasteiger partial charge in [0.15, 0.2) is 0 Å². The molecule has 3 nitrogen and oxygen atoms in total. The maximum absolute atomic E-state index is 12.7. The first-order chi connectivity index (χ1) is 9.04. The largest absolute Gasteiger partial charge is 0.323 e. The Bertz CT molecular complexity index is 604. The first-order valence-corrected chi connectivity index (χ1v) is 6.50. The lowest BCUT2D eigenvalue weighted by Gasteiger charge is -2.09. The van der Waals surface area contributed by atoms with Crippen molar-refractivity contribution in [1.82, 2.24) is 0 Å². The van der Waals surface area contributed by atoms with Crippen molar-refractivity contribution in [3.8, 4) is 0 Å². The summed E-state index contributed by atoms with van der Waals surface area (Å²) >= 11 is 9.10. The Morgan fingerprint density at radius 1 is 1.11 bits per heavy atom. The molecular weight excluding hydrogens is 335 g/mol. The van der Waals surface area contributed by atoms with Crippen LogP contribution in [0.15, 0.2) is 46.9 Å². The topological polar surface area (TPSA) is 41.1 Å². The number of amides is 2. The van der Waals surface area contributed by atoms with Crippen molar-refractivity contribution in [2.45, 2.75) is 0 Å². The number of rotatable bonds is 2. The third-order valence-electron chi connectivity index (χ3n) is 2.28. The normalized spacial score (nSPS) is 10.1. The molecule has 0 aromatic heterocycles. The van der Waals surface area contributed by atoms with Gasteiger partial charge in [-0.05, 0) is 58.4 Å². The first kappa shape index (κ1) is 13.8. The highest BCUT2D eigenvalue weighted by atomic mass is 79.9. The number of halogens is 3. The molecule has 0 fully saturated rings. The molecule has 0 saturated heterocycles. The van der Waals surface area contributed by atoms with E-state index in [0.29, 0.717) is 20.9 Å². The molecule has 6 heteroatoms. The average Bonchev–Trinajstić information content (AvgIpc) is 2.36. The van der Waals surface area contributed by atoms with Gasteiger partial charge in [0, 0.05) is 15.2 Å². The number of hydrogen-bond donors (Lipinski definition) is 2. The number of carbonyl (C=O) groups is 1. The molecule has 0 heterocycles. The number of carbonyl (C=O) groups excluding carboxylic acids is 1. The molecule has 19 heavy (non-hydrogen) atoms. The molecule has 0 aliphatic heterocycles. The molecule has 2 amide bonds. The molecule has 2 aromatic rings. The zero-order valence-corrected chi connectivity index (χ0v) is 11.9. The summed E-state index contributed by atoms with van der Waals surface area (Å²) < 4.78 is 13.4. The molecule has 0 saturated carbocycles. The summed E-state index contributed by atoms with van der Waals surface area (Å²) in [5, 5.41) is 5.81. The van der Waals surface area contributed by atoms with Crippen LogP contribution in [0.4, 0.5) is 20.6 Å². The third kappa shape index (κ3) is 3.94. The van der Waals surface area contributed by atoms with Gasteiger partial charge in [-0.25, -0.2) is 9.18 Å². The van der Waals surface area contributed by atoms with E-state index >= 15 is 0 Å². The number of nitrogens with one attached hydrogen (secondary N) is 2. The Labute approximate surface area is 122 Å². The van der Waals surface area contributed by atoms with Gasteiger partial charge in [-0.15, -0.1) is 0 Å². The maximum atomic E-state index is 12.7. The van der Waals surface area contributed by atoms with Crippen molar-refractivity contribution in [3.05, 3.63) is 57.8 Å². The molecule has 0 spiro atoms. The Morgan fingerprint density at radius 3 is 2.42 bits per heavy atom. The van der Waals surface area contributed by atoms with E-state index in [-0.39, 0.29) is 5.82 Å². The fourth-order valence-electron chi connectivity index (χ4n) is 1.41. The Kier molecular flexibility index (Phi) is 4.39. The van der Waals surface area contributed by atoms with Crippen LogP contribution in [-0.2, 0) is 0 Å². The minimum atomic E-state index is -0.422. The SMILES string of the molecule is O=C(Nc1ccc(F)cc1)Nc1ccc(Cl)cc1Br. The van der Waals surface area contributed by atoms with E-state index in [0.717, 1.165) is 0 Å². The van der Waals surface area contributed by atoms with E-state index in [2.05, 4.69) is 26.6 Å². The Hall–Kier alpha value is -1.59. The van der Waals surface area contributed by atoms with E-state index in [1.165, 1.54) is 24.3 Å². The van der Waals surface area contributed by atoms with Crippen molar-refractivity contribution in [1.29, 1.82) is 0 Å². The zero-order chi connectivity index (χ0) is 13.8. The lowest BCUT2D eigenvalue weighted by Crippen LogP contribution is -2.19. The lowest BCUT2D eigenvalue weighted by atomic mass is 10.3. The molecule has 0 bridgehead atoms. The van der Waals surface area contributed by atoms with Crippen LogP contribution in [0.5, 0.6) is 0 Å². The molecule has 0 aliphatic carbocycles. The summed E-state index contributed by atoms with van der Waals surface area (Å²) in [4.78, 5) is 11.7. The van der Waals surface area contributed by atoms with Crippen LogP contribution >= 0.6 is 27.5 Å². The minimum absolute atomic E-state index is 0.355. The van der Waals surface area contributed by atoms with Crippen LogP contribution in [-0.4, -0.2) is 6.03 Å². The van der Waals surface area contributed by atoms with Crippen LogP contribution < -0.4 is 10.6 Å². The van der Waals surface area contributed by atoms with Crippen LogP contribution in [0, 0.1) is 5.82 Å². The fraction of sp³-hybridized carbons (Fsp3) is 0. The van der Waals surface area contributed by atoms with E-state index in [4.69, 9.17) is 11.6 Å². The Balaban J connectivity index is 2.03. The van der Waals surface area contributed by atoms with Crippen LogP contribution in [0.2, 0.25) is 5.02 Å². The quantitative estimate of drug-likeness (QED) is 0.801. The summed E-state index contributed by atoms with van der Waals surface area (Å²) in [6.45, 7) is 0. The van der Waals surface area contributed by atoms with Crippen molar-refractivity contribution in [3.63, 3.8) is 0 Å². The summed E-state index contributed by atoms with van der Waals surface area (Å²) in [6.07, 6.45) is 0. The van der Waals surface area contributed by atoms with Gasteiger partial charge in [0.25, 0.3) is 0 Å². The highest BCUT2D eigenvalue weighted by Crippen LogP contribution is 2.26. The van der Waals surface area contributed by atoms with Crippen LogP contribution in [0.3, 0.4) is 0 Å². The van der Waals surface area contributed by atoms with Gasteiger partial charge < -0.3 is 10.6 Å². The van der Waals surface area contributed by atoms with E-state index in [1.54, 1.807) is 18.2 Å². The second kappa shape index (κ2) is 6.04. The second-order valence-electron chi connectivity index (χ2n) is 3.71. The van der Waals surface area contributed by atoms with Crippen molar-refractivity contribution in [2.75, 3.05) is 10.6 Å². The van der Waals surface area contributed by atoms with E-state index < -0.39 is 6.03 Å². The standard InChI is InChI=1S/C13H9BrClFN2O/c14-11-7-8(15)1-6-12(11)18-13(19)17-10-4-2-9(16)3-5-10/h1-7H,(H2,17,18,19). The number of benzene rings is 2. The summed E-state index contributed by atoms with van der Waals surface area (Å²) in [7, 11) is 0. The van der Waals surface area contributed by atoms with Crippen LogP contribution in [0.1, 0.15) is 0 Å². The van der Waals surface area contributed by atoms with Gasteiger partial charge in [-0.2, -0.15) is 0 Å². The van der Waals surface area contributed by atoms with Gasteiger partial charge in [-0.1, -0.05) is 11.6 Å². The highest BCUT2D eigenvalue weighted by molar-refractivity contribution is 9.10. The summed E-state index contributed by atoms with van der Waals surface area (Å²) in [6, 6.07) is 10.1. The predicted octanol–water partition coefficient (Wildman–Crippen LogP) is 4.89. The van der Waals surface area contributed by atoms with Gasteiger partial charge >= 0.3 is 6.03 Å². The number of anilines is 2. The number of hydrogen-bond acceptors (Lipinski definition) is 1. The van der Waals surface area contributed by atoms with E-state index in [1.807, 2.05) is 0 Å². The molecule has 2 aromatic carbocycles. The molecule has 98 valence electrons. The monoisotopic (exact) mass is 342 g/mol. The number of urea groups is 1. The Morgan fingerprint density at radius 2 is 1.79 bits per heavy atom. The first-order valence-electron chi connectivity index (χ1n) is 5.33. The zero-order valence-electron chi connectivity index (χ0n) is 9.58. The molecule has 2 N–H and O–H groups in total. The maximum Gasteiger partial charge on any atom is 0.323 e. The summed E-state index contributed by atoms with van der Waals surface area (Å²) in [5.41, 5.74) is 1.09. The lowest BCUT2D eigenvalue weighted by molar-refractivity contribution is 0.262. The molecular formula is C13H9BrClFN2O. The van der Waals surface area contributed by atoms with Gasteiger partial charge in [-0.3, -0.25) is 0 Å². The van der Waals surface area contributed by atoms with Crippen molar-refractivity contribution >= 4 is 44.9 Å². The molecule has 2 rings (SSSR count). The molecule has 0 atom stereocenters. The average molecular weight is 344 g/mol. The molecule has 0 unspecified atom stereocenters. The molecule has 0 radical (unpaired) electrons.